The lowest BCUT2D eigenvalue weighted by atomic mass is 10.2. The molecule has 7 heteroatoms. The monoisotopic (exact) mass is 296 g/mol. The van der Waals surface area contributed by atoms with Crippen molar-refractivity contribution in [1.82, 2.24) is 4.72 Å². The van der Waals surface area contributed by atoms with Crippen LogP contribution in [0.1, 0.15) is 25.3 Å². The Bertz CT molecular complexity index is 605. The Hall–Kier alpha value is -1.91. The molecule has 0 radical (unpaired) electrons. The van der Waals surface area contributed by atoms with Crippen molar-refractivity contribution in [2.45, 2.75) is 24.7 Å². The number of nitriles is 1. The second-order valence-electron chi connectivity index (χ2n) is 4.04. The fourth-order valence-corrected chi connectivity index (χ4v) is 2.37. The number of sulfonamides is 1. The fraction of sp³-hybridized carbons (Fsp3) is 0.385. The number of carbonyl (C=O) groups is 1. The highest BCUT2D eigenvalue weighted by Crippen LogP contribution is 2.10. The third kappa shape index (κ3) is 4.99. The summed E-state index contributed by atoms with van der Waals surface area (Å²) in [6.45, 7) is 1.81. The van der Waals surface area contributed by atoms with Gasteiger partial charge in [-0.3, -0.25) is 4.79 Å². The van der Waals surface area contributed by atoms with Crippen molar-refractivity contribution in [2.75, 3.05) is 13.2 Å². The van der Waals surface area contributed by atoms with Crippen molar-refractivity contribution in [3.05, 3.63) is 29.8 Å². The van der Waals surface area contributed by atoms with Gasteiger partial charge in [0.15, 0.2) is 0 Å². The van der Waals surface area contributed by atoms with Crippen LogP contribution in [0.15, 0.2) is 29.2 Å². The lowest BCUT2D eigenvalue weighted by Gasteiger charge is -2.07. The molecule has 1 aromatic carbocycles. The van der Waals surface area contributed by atoms with Crippen LogP contribution in [0.4, 0.5) is 0 Å². The van der Waals surface area contributed by atoms with Crippen LogP contribution in [0, 0.1) is 11.3 Å². The maximum absolute atomic E-state index is 11.9. The minimum absolute atomic E-state index is 0.0575. The van der Waals surface area contributed by atoms with E-state index in [0.717, 1.165) is 12.8 Å². The van der Waals surface area contributed by atoms with Gasteiger partial charge < -0.3 is 4.74 Å². The van der Waals surface area contributed by atoms with Crippen molar-refractivity contribution >= 4 is 16.0 Å². The van der Waals surface area contributed by atoms with E-state index in [1.54, 1.807) is 0 Å². The van der Waals surface area contributed by atoms with Crippen molar-refractivity contribution in [3.63, 3.8) is 0 Å². The van der Waals surface area contributed by atoms with Gasteiger partial charge in [-0.1, -0.05) is 19.4 Å². The van der Waals surface area contributed by atoms with Gasteiger partial charge >= 0.3 is 5.97 Å². The first-order chi connectivity index (χ1) is 9.49. The number of ether oxygens (including phenoxy) is 1. The van der Waals surface area contributed by atoms with Gasteiger partial charge in [-0.05, 0) is 24.6 Å². The molecular weight excluding hydrogens is 280 g/mol. The van der Waals surface area contributed by atoms with Crippen molar-refractivity contribution in [3.8, 4) is 6.07 Å². The Morgan fingerprint density at radius 3 is 2.85 bits per heavy atom. The number of rotatable bonds is 7. The first kappa shape index (κ1) is 16.1. The molecule has 1 rings (SSSR count). The maximum atomic E-state index is 11.9. The Morgan fingerprint density at radius 2 is 2.20 bits per heavy atom. The molecule has 0 fully saturated rings. The van der Waals surface area contributed by atoms with Crippen molar-refractivity contribution in [1.29, 1.82) is 5.26 Å². The molecule has 108 valence electrons. The average Bonchev–Trinajstić information content (AvgIpc) is 2.45. The lowest BCUT2D eigenvalue weighted by molar-refractivity contribution is -0.142. The summed E-state index contributed by atoms with van der Waals surface area (Å²) in [5, 5.41) is 8.73. The summed E-state index contributed by atoms with van der Waals surface area (Å²) in [5.41, 5.74) is 0.235. The predicted octanol–water partition coefficient (Wildman–Crippen LogP) is 1.18. The second kappa shape index (κ2) is 7.62. The Balaban J connectivity index is 2.62. The third-order valence-electron chi connectivity index (χ3n) is 2.44. The standard InChI is InChI=1S/C13H16N2O4S/c1-2-3-7-19-13(16)10-15-20(17,18)12-6-4-5-11(8-12)9-14/h4-6,8,15H,2-3,7,10H2,1H3. The quantitative estimate of drug-likeness (QED) is 0.602. The number of benzene rings is 1. The zero-order chi connectivity index (χ0) is 15.0. The van der Waals surface area contributed by atoms with E-state index < -0.39 is 22.5 Å². The van der Waals surface area contributed by atoms with Gasteiger partial charge in [-0.15, -0.1) is 0 Å². The molecule has 20 heavy (non-hydrogen) atoms. The summed E-state index contributed by atoms with van der Waals surface area (Å²) in [6, 6.07) is 7.41. The fourth-order valence-electron chi connectivity index (χ4n) is 1.35. The first-order valence-electron chi connectivity index (χ1n) is 6.15. The van der Waals surface area contributed by atoms with Gasteiger partial charge in [0.1, 0.15) is 6.54 Å². The number of nitrogens with zero attached hydrogens (tertiary/aromatic N) is 1. The Morgan fingerprint density at radius 1 is 1.45 bits per heavy atom. The molecule has 1 N–H and O–H groups in total. The van der Waals surface area contributed by atoms with E-state index >= 15 is 0 Å². The molecule has 0 aliphatic rings. The Labute approximate surface area is 118 Å². The van der Waals surface area contributed by atoms with Crippen LogP contribution in [0.25, 0.3) is 0 Å². The molecule has 0 amide bonds. The van der Waals surface area contributed by atoms with Crippen LogP contribution in [-0.2, 0) is 19.6 Å². The average molecular weight is 296 g/mol. The zero-order valence-corrected chi connectivity index (χ0v) is 11.9. The van der Waals surface area contributed by atoms with Gasteiger partial charge in [0.05, 0.1) is 23.1 Å². The molecule has 0 aliphatic carbocycles. The summed E-state index contributed by atoms with van der Waals surface area (Å²) in [5.74, 6) is -0.626. The van der Waals surface area contributed by atoms with Crippen LogP contribution < -0.4 is 4.72 Å². The van der Waals surface area contributed by atoms with E-state index in [-0.39, 0.29) is 17.1 Å². The van der Waals surface area contributed by atoms with Gasteiger partial charge in [-0.25, -0.2) is 8.42 Å². The van der Waals surface area contributed by atoms with E-state index in [9.17, 15) is 13.2 Å². The summed E-state index contributed by atoms with van der Waals surface area (Å²) in [6.07, 6.45) is 1.63. The molecule has 0 saturated carbocycles. The summed E-state index contributed by atoms with van der Waals surface area (Å²) >= 11 is 0. The summed E-state index contributed by atoms with van der Waals surface area (Å²) < 4.78 is 30.8. The van der Waals surface area contributed by atoms with Gasteiger partial charge in [0.2, 0.25) is 10.0 Å². The zero-order valence-electron chi connectivity index (χ0n) is 11.1. The minimum atomic E-state index is -3.82. The lowest BCUT2D eigenvalue weighted by Crippen LogP contribution is -2.30. The number of unbranched alkanes of at least 4 members (excludes halogenated alkanes) is 1. The number of carbonyl (C=O) groups excluding carboxylic acids is 1. The number of hydrogen-bond acceptors (Lipinski definition) is 5. The molecule has 0 aliphatic heterocycles. The predicted molar refractivity (Wildman–Crippen MR) is 72.2 cm³/mol. The normalized spacial score (nSPS) is 10.8. The van der Waals surface area contributed by atoms with E-state index in [1.807, 2.05) is 13.0 Å². The highest BCUT2D eigenvalue weighted by Gasteiger charge is 2.16. The molecule has 0 unspecified atom stereocenters. The molecule has 6 nitrogen and oxygen atoms in total. The Kier molecular flexibility index (Phi) is 6.15. The largest absolute Gasteiger partial charge is 0.465 e. The number of hydrogen-bond donors (Lipinski definition) is 1. The molecule has 0 aromatic heterocycles. The van der Waals surface area contributed by atoms with Crippen LogP contribution in [0.5, 0.6) is 0 Å². The minimum Gasteiger partial charge on any atom is -0.465 e. The SMILES string of the molecule is CCCCOC(=O)CNS(=O)(=O)c1cccc(C#N)c1. The van der Waals surface area contributed by atoms with E-state index in [0.29, 0.717) is 0 Å². The third-order valence-corrected chi connectivity index (χ3v) is 3.84. The molecule has 0 heterocycles. The van der Waals surface area contributed by atoms with Crippen LogP contribution in [0.2, 0.25) is 0 Å². The first-order valence-corrected chi connectivity index (χ1v) is 7.63. The molecule has 0 atom stereocenters. The van der Waals surface area contributed by atoms with E-state index in [2.05, 4.69) is 4.72 Å². The maximum Gasteiger partial charge on any atom is 0.321 e. The van der Waals surface area contributed by atoms with Gasteiger partial charge in [-0.2, -0.15) is 9.98 Å². The van der Waals surface area contributed by atoms with Crippen LogP contribution in [0.3, 0.4) is 0 Å². The van der Waals surface area contributed by atoms with E-state index in [4.69, 9.17) is 10.00 Å². The summed E-state index contributed by atoms with van der Waals surface area (Å²) in [7, 11) is -3.82. The van der Waals surface area contributed by atoms with Gasteiger partial charge in [0, 0.05) is 0 Å². The van der Waals surface area contributed by atoms with E-state index in [1.165, 1.54) is 24.3 Å². The molecular formula is C13H16N2O4S. The topological polar surface area (TPSA) is 96.3 Å². The van der Waals surface area contributed by atoms with Crippen LogP contribution in [-0.4, -0.2) is 27.5 Å². The van der Waals surface area contributed by atoms with Gasteiger partial charge in [0.25, 0.3) is 0 Å². The summed E-state index contributed by atoms with van der Waals surface area (Å²) in [4.78, 5) is 11.3. The smallest absolute Gasteiger partial charge is 0.321 e. The molecule has 0 bridgehead atoms. The number of nitrogens with one attached hydrogen (secondary N) is 1. The van der Waals surface area contributed by atoms with Crippen molar-refractivity contribution in [2.24, 2.45) is 0 Å². The van der Waals surface area contributed by atoms with Crippen LogP contribution >= 0.6 is 0 Å². The van der Waals surface area contributed by atoms with Crippen molar-refractivity contribution < 1.29 is 17.9 Å². The number of esters is 1. The molecule has 0 saturated heterocycles. The highest BCUT2D eigenvalue weighted by molar-refractivity contribution is 7.89. The molecule has 0 spiro atoms. The highest BCUT2D eigenvalue weighted by atomic mass is 32.2. The molecule has 1 aromatic rings. The second-order valence-corrected chi connectivity index (χ2v) is 5.81.